The van der Waals surface area contributed by atoms with E-state index in [0.717, 1.165) is 49.0 Å². The molecule has 0 unspecified atom stereocenters. The first-order chi connectivity index (χ1) is 13.6. The van der Waals surface area contributed by atoms with Crippen LogP contribution in [0.3, 0.4) is 0 Å². The van der Waals surface area contributed by atoms with Gasteiger partial charge in [0, 0.05) is 22.7 Å². The van der Waals surface area contributed by atoms with Crippen LogP contribution in [0.5, 0.6) is 0 Å². The molecule has 0 amide bonds. The van der Waals surface area contributed by atoms with Crippen molar-refractivity contribution < 1.29 is 9.18 Å². The molecule has 0 saturated carbocycles. The Morgan fingerprint density at radius 2 is 2.07 bits per heavy atom. The summed E-state index contributed by atoms with van der Waals surface area (Å²) in [6, 6.07) is 6.70. The van der Waals surface area contributed by atoms with Gasteiger partial charge >= 0.3 is 0 Å². The van der Waals surface area contributed by atoms with Gasteiger partial charge in [0.15, 0.2) is 0 Å². The SMILES string of the molecule is CC(C)c1c(C2=CNCC(F)=C2)[nH]c2ccc(C3CCN(CC=O)CC3)cc12. The largest absolute Gasteiger partial charge is 0.384 e. The summed E-state index contributed by atoms with van der Waals surface area (Å²) in [6.07, 6.45) is 6.67. The molecule has 0 bridgehead atoms. The predicted octanol–water partition coefficient (Wildman–Crippen LogP) is 4.47. The first-order valence-corrected chi connectivity index (χ1v) is 10.2. The van der Waals surface area contributed by atoms with Gasteiger partial charge in [-0.2, -0.15) is 0 Å². The number of nitrogens with one attached hydrogen (secondary N) is 2. The molecule has 0 aliphatic carbocycles. The molecule has 1 saturated heterocycles. The summed E-state index contributed by atoms with van der Waals surface area (Å²) in [4.78, 5) is 16.5. The predicted molar refractivity (Wildman–Crippen MR) is 112 cm³/mol. The summed E-state index contributed by atoms with van der Waals surface area (Å²) < 4.78 is 13.8. The summed E-state index contributed by atoms with van der Waals surface area (Å²) >= 11 is 0. The minimum Gasteiger partial charge on any atom is -0.384 e. The van der Waals surface area contributed by atoms with Crippen molar-refractivity contribution in [2.75, 3.05) is 26.2 Å². The number of hydrogen-bond acceptors (Lipinski definition) is 3. The summed E-state index contributed by atoms with van der Waals surface area (Å²) in [5.41, 5.74) is 5.58. The first kappa shape index (κ1) is 18.9. The van der Waals surface area contributed by atoms with E-state index < -0.39 is 0 Å². The van der Waals surface area contributed by atoms with E-state index in [1.165, 1.54) is 16.5 Å². The second-order valence-corrected chi connectivity index (χ2v) is 8.19. The molecule has 0 spiro atoms. The number of carbonyl (C=O) groups is 1. The highest BCUT2D eigenvalue weighted by Crippen LogP contribution is 2.37. The number of allylic oxidation sites excluding steroid dienone is 2. The Morgan fingerprint density at radius 3 is 2.75 bits per heavy atom. The Labute approximate surface area is 165 Å². The number of aldehydes is 1. The van der Waals surface area contributed by atoms with Gasteiger partial charge in [0.1, 0.15) is 12.1 Å². The monoisotopic (exact) mass is 381 g/mol. The summed E-state index contributed by atoms with van der Waals surface area (Å²) in [5.74, 6) is 0.708. The maximum Gasteiger partial charge on any atom is 0.133 e. The fraction of sp³-hybridized carbons (Fsp3) is 0.435. The molecule has 0 atom stereocenters. The fourth-order valence-corrected chi connectivity index (χ4v) is 4.53. The third-order valence-corrected chi connectivity index (χ3v) is 5.96. The number of hydrogen-bond donors (Lipinski definition) is 2. The zero-order chi connectivity index (χ0) is 19.7. The Bertz CT molecular complexity index is 933. The molecule has 4 nitrogen and oxygen atoms in total. The minimum absolute atomic E-state index is 0.145. The molecular formula is C23H28FN3O. The molecule has 2 N–H and O–H groups in total. The van der Waals surface area contributed by atoms with Crippen LogP contribution in [-0.4, -0.2) is 42.3 Å². The van der Waals surface area contributed by atoms with Gasteiger partial charge < -0.3 is 15.1 Å². The minimum atomic E-state index is -0.145. The number of likely N-dealkylation sites (tertiary alicyclic amines) is 1. The Kier molecular flexibility index (Phi) is 5.36. The highest BCUT2D eigenvalue weighted by molar-refractivity contribution is 5.92. The van der Waals surface area contributed by atoms with Crippen LogP contribution in [0.1, 0.15) is 55.3 Å². The van der Waals surface area contributed by atoms with Gasteiger partial charge in [-0.3, -0.25) is 4.90 Å². The Hall–Kier alpha value is -2.40. The zero-order valence-corrected chi connectivity index (χ0v) is 16.6. The lowest BCUT2D eigenvalue weighted by Gasteiger charge is -2.30. The lowest BCUT2D eigenvalue weighted by atomic mass is 9.87. The van der Waals surface area contributed by atoms with E-state index in [2.05, 4.69) is 47.2 Å². The summed E-state index contributed by atoms with van der Waals surface area (Å²) in [7, 11) is 0. The number of aromatic amines is 1. The van der Waals surface area contributed by atoms with Crippen LogP contribution in [0.2, 0.25) is 0 Å². The first-order valence-electron chi connectivity index (χ1n) is 10.2. The molecule has 1 aromatic heterocycles. The Balaban J connectivity index is 1.69. The zero-order valence-electron chi connectivity index (χ0n) is 16.6. The van der Waals surface area contributed by atoms with E-state index in [1.807, 2.05) is 6.20 Å². The van der Waals surface area contributed by atoms with Crippen molar-refractivity contribution in [1.29, 1.82) is 0 Å². The number of H-pyrrole nitrogens is 1. The van der Waals surface area contributed by atoms with Crippen molar-refractivity contribution in [3.63, 3.8) is 0 Å². The topological polar surface area (TPSA) is 48.1 Å². The van der Waals surface area contributed by atoms with E-state index in [-0.39, 0.29) is 12.4 Å². The van der Waals surface area contributed by atoms with Crippen molar-refractivity contribution in [2.45, 2.75) is 38.5 Å². The molecule has 1 aromatic carbocycles. The van der Waals surface area contributed by atoms with Gasteiger partial charge in [-0.15, -0.1) is 0 Å². The molecule has 28 heavy (non-hydrogen) atoms. The number of aromatic nitrogens is 1. The maximum absolute atomic E-state index is 13.8. The van der Waals surface area contributed by atoms with Crippen molar-refractivity contribution in [3.8, 4) is 0 Å². The van der Waals surface area contributed by atoms with Gasteiger partial charge in [0.25, 0.3) is 0 Å². The third kappa shape index (κ3) is 3.63. The fourth-order valence-electron chi connectivity index (χ4n) is 4.53. The molecule has 3 heterocycles. The molecule has 2 aromatic rings. The number of fused-ring (bicyclic) bond motifs is 1. The van der Waals surface area contributed by atoms with E-state index in [0.29, 0.717) is 18.4 Å². The van der Waals surface area contributed by atoms with Crippen LogP contribution in [-0.2, 0) is 4.79 Å². The van der Waals surface area contributed by atoms with Crippen LogP contribution in [0.25, 0.3) is 16.5 Å². The molecule has 2 aliphatic rings. The van der Waals surface area contributed by atoms with Gasteiger partial charge in [0.05, 0.1) is 18.8 Å². The number of dihydropyridines is 1. The van der Waals surface area contributed by atoms with Crippen molar-refractivity contribution in [2.24, 2.45) is 0 Å². The van der Waals surface area contributed by atoms with Crippen molar-refractivity contribution >= 4 is 22.8 Å². The van der Waals surface area contributed by atoms with Gasteiger partial charge in [-0.05, 0) is 67.1 Å². The molecule has 5 heteroatoms. The number of rotatable bonds is 5. The molecular weight excluding hydrogens is 353 g/mol. The van der Waals surface area contributed by atoms with E-state index in [4.69, 9.17) is 0 Å². The molecule has 4 rings (SSSR count). The van der Waals surface area contributed by atoms with Crippen LogP contribution in [0.15, 0.2) is 36.3 Å². The van der Waals surface area contributed by atoms with E-state index in [9.17, 15) is 9.18 Å². The number of nitrogens with zero attached hydrogens (tertiary/aromatic N) is 1. The van der Waals surface area contributed by atoms with Crippen LogP contribution >= 0.6 is 0 Å². The maximum atomic E-state index is 13.8. The van der Waals surface area contributed by atoms with E-state index in [1.54, 1.807) is 6.08 Å². The highest BCUT2D eigenvalue weighted by Gasteiger charge is 2.23. The molecule has 2 aliphatic heterocycles. The quantitative estimate of drug-likeness (QED) is 0.752. The summed E-state index contributed by atoms with van der Waals surface area (Å²) in [5, 5.41) is 4.25. The average Bonchev–Trinajstić information content (AvgIpc) is 3.08. The van der Waals surface area contributed by atoms with Crippen LogP contribution in [0, 0.1) is 0 Å². The van der Waals surface area contributed by atoms with E-state index >= 15 is 0 Å². The van der Waals surface area contributed by atoms with Gasteiger partial charge in [-0.1, -0.05) is 19.9 Å². The number of carbonyl (C=O) groups excluding carboxylic acids is 1. The molecule has 148 valence electrons. The third-order valence-electron chi connectivity index (χ3n) is 5.96. The highest BCUT2D eigenvalue weighted by atomic mass is 19.1. The number of benzene rings is 1. The van der Waals surface area contributed by atoms with Crippen molar-refractivity contribution in [1.82, 2.24) is 15.2 Å². The van der Waals surface area contributed by atoms with Gasteiger partial charge in [-0.25, -0.2) is 4.39 Å². The number of piperidine rings is 1. The van der Waals surface area contributed by atoms with Crippen LogP contribution < -0.4 is 5.32 Å². The molecule has 1 fully saturated rings. The standard InChI is InChI=1S/C23H28FN3O/c1-15(2)22-20-12-17(16-5-7-27(8-6-16)9-10-28)3-4-21(20)26-23(22)18-11-19(24)14-25-13-18/h3-4,10-13,15-16,25-26H,5-9,14H2,1-2H3. The Morgan fingerprint density at radius 1 is 1.29 bits per heavy atom. The smallest absolute Gasteiger partial charge is 0.133 e. The summed E-state index contributed by atoms with van der Waals surface area (Å²) in [6.45, 7) is 7.12. The average molecular weight is 381 g/mol. The molecule has 0 radical (unpaired) electrons. The normalized spacial score (nSPS) is 18.9. The van der Waals surface area contributed by atoms with Crippen LogP contribution in [0.4, 0.5) is 4.39 Å². The van der Waals surface area contributed by atoms with Crippen molar-refractivity contribution in [3.05, 3.63) is 53.1 Å². The van der Waals surface area contributed by atoms with Gasteiger partial charge in [0.2, 0.25) is 0 Å². The second-order valence-electron chi connectivity index (χ2n) is 8.19. The number of halogens is 1. The second kappa shape index (κ2) is 7.92. The lowest BCUT2D eigenvalue weighted by Crippen LogP contribution is -2.34. The lowest BCUT2D eigenvalue weighted by molar-refractivity contribution is -0.109.